The second kappa shape index (κ2) is 12.6. The van der Waals surface area contributed by atoms with Crippen LogP contribution in [0.4, 0.5) is 43.5 Å². The number of anilines is 2. The normalized spacial score (nSPS) is 12.6. The standard InChI is InChI=1S/C24H24F6N8O2/c1-12(35-18-9-34-37-23(40)19(18)24(28,29)30)4-3-5-38(2)11-33-17-7-14(16(25)6-13(17)10-39)22-32-8-15(20(26)27)21(31)36-22/h6-12,20H,3-5H2,1-2H3,(H2,31,32,36)(H2,35,37,40). The molecule has 0 aliphatic heterocycles. The van der Waals surface area contributed by atoms with E-state index in [0.717, 1.165) is 18.5 Å². The minimum Gasteiger partial charge on any atom is -0.383 e. The zero-order valence-corrected chi connectivity index (χ0v) is 21.1. The number of carbonyl (C=O) groups excluding carboxylic acids is 1. The summed E-state index contributed by atoms with van der Waals surface area (Å²) in [5.41, 5.74) is 1.54. The summed E-state index contributed by atoms with van der Waals surface area (Å²) in [6.07, 6.45) is -3.43. The molecule has 0 aliphatic rings. The van der Waals surface area contributed by atoms with E-state index in [9.17, 15) is 35.9 Å². The van der Waals surface area contributed by atoms with Crippen molar-refractivity contribution in [1.29, 1.82) is 0 Å². The number of aldehydes is 1. The molecular formula is C24H24F6N8O2. The van der Waals surface area contributed by atoms with Crippen LogP contribution >= 0.6 is 0 Å². The van der Waals surface area contributed by atoms with Crippen molar-refractivity contribution in [3.63, 3.8) is 0 Å². The number of nitrogens with zero attached hydrogens (tertiary/aromatic N) is 5. The molecule has 0 saturated carbocycles. The molecule has 1 atom stereocenters. The van der Waals surface area contributed by atoms with Gasteiger partial charge in [0.1, 0.15) is 17.2 Å². The van der Waals surface area contributed by atoms with E-state index in [0.29, 0.717) is 25.7 Å². The fourth-order valence-corrected chi connectivity index (χ4v) is 3.65. The van der Waals surface area contributed by atoms with Gasteiger partial charge in [-0.25, -0.2) is 33.2 Å². The fourth-order valence-electron chi connectivity index (χ4n) is 3.65. The Labute approximate surface area is 223 Å². The second-order valence-corrected chi connectivity index (χ2v) is 8.74. The number of carbonyl (C=O) groups is 1. The first-order valence-corrected chi connectivity index (χ1v) is 11.7. The topological polar surface area (TPSA) is 142 Å². The Morgan fingerprint density at radius 2 is 1.98 bits per heavy atom. The third-order valence-corrected chi connectivity index (χ3v) is 5.65. The van der Waals surface area contributed by atoms with Crippen LogP contribution in [0.2, 0.25) is 0 Å². The highest BCUT2D eigenvalue weighted by molar-refractivity contribution is 5.86. The number of halogens is 6. The molecule has 3 rings (SSSR count). The molecule has 0 aliphatic carbocycles. The summed E-state index contributed by atoms with van der Waals surface area (Å²) in [5, 5.41) is 7.84. The third-order valence-electron chi connectivity index (χ3n) is 5.65. The summed E-state index contributed by atoms with van der Waals surface area (Å²) < 4.78 is 80.1. The maximum absolute atomic E-state index is 14.6. The van der Waals surface area contributed by atoms with Crippen molar-refractivity contribution in [2.45, 2.75) is 38.4 Å². The lowest BCUT2D eigenvalue weighted by atomic mass is 10.1. The van der Waals surface area contributed by atoms with Crippen LogP contribution in [-0.2, 0) is 6.18 Å². The van der Waals surface area contributed by atoms with Crippen molar-refractivity contribution in [1.82, 2.24) is 25.1 Å². The van der Waals surface area contributed by atoms with E-state index in [4.69, 9.17) is 5.73 Å². The van der Waals surface area contributed by atoms with Crippen LogP contribution in [0.15, 0.2) is 34.3 Å². The Kier molecular flexibility index (Phi) is 9.44. The molecule has 10 nitrogen and oxygen atoms in total. The lowest BCUT2D eigenvalue weighted by Gasteiger charge is -2.19. The van der Waals surface area contributed by atoms with Gasteiger partial charge in [-0.3, -0.25) is 9.59 Å². The zero-order valence-electron chi connectivity index (χ0n) is 21.1. The lowest BCUT2D eigenvalue weighted by molar-refractivity contribution is -0.138. The van der Waals surface area contributed by atoms with Gasteiger partial charge in [0, 0.05) is 31.4 Å². The number of rotatable bonds is 11. The van der Waals surface area contributed by atoms with Crippen molar-refractivity contribution >= 4 is 29.8 Å². The van der Waals surface area contributed by atoms with E-state index in [2.05, 4.69) is 25.4 Å². The number of hydrogen-bond acceptors (Lipinski definition) is 8. The van der Waals surface area contributed by atoms with Gasteiger partial charge in [-0.15, -0.1) is 0 Å². The molecule has 40 heavy (non-hydrogen) atoms. The quantitative estimate of drug-likeness (QED) is 0.132. The van der Waals surface area contributed by atoms with E-state index in [-0.39, 0.29) is 22.6 Å². The molecule has 1 aromatic carbocycles. The first kappa shape index (κ1) is 30.0. The van der Waals surface area contributed by atoms with Gasteiger partial charge in [0.2, 0.25) is 0 Å². The van der Waals surface area contributed by atoms with Crippen LogP contribution in [-0.4, -0.2) is 57.3 Å². The summed E-state index contributed by atoms with van der Waals surface area (Å²) in [6, 6.07) is 1.64. The van der Waals surface area contributed by atoms with Crippen LogP contribution in [0.25, 0.3) is 11.4 Å². The molecule has 0 fully saturated rings. The number of nitrogens with two attached hydrogens (primary N) is 1. The van der Waals surface area contributed by atoms with Crippen molar-refractivity contribution in [2.75, 3.05) is 24.6 Å². The van der Waals surface area contributed by atoms with E-state index < -0.39 is 52.7 Å². The molecule has 0 spiro atoms. The number of H-pyrrole nitrogens is 1. The molecule has 0 saturated heterocycles. The molecule has 4 N–H and O–H groups in total. The summed E-state index contributed by atoms with van der Waals surface area (Å²) in [5.74, 6) is -1.67. The van der Waals surface area contributed by atoms with E-state index in [1.807, 2.05) is 0 Å². The monoisotopic (exact) mass is 570 g/mol. The molecule has 2 heterocycles. The molecular weight excluding hydrogens is 546 g/mol. The second-order valence-electron chi connectivity index (χ2n) is 8.74. The Balaban J connectivity index is 1.67. The molecule has 0 radical (unpaired) electrons. The van der Waals surface area contributed by atoms with Gasteiger partial charge in [-0.1, -0.05) is 0 Å². The van der Waals surface area contributed by atoms with E-state index in [1.54, 1.807) is 24.0 Å². The number of hydrogen-bond donors (Lipinski definition) is 3. The molecule has 3 aromatic rings. The van der Waals surface area contributed by atoms with Gasteiger partial charge in [0.05, 0.1) is 35.0 Å². The van der Waals surface area contributed by atoms with Crippen LogP contribution < -0.4 is 16.6 Å². The SMILES string of the molecule is CC(CCCN(C)C=Nc1cc(-c2ncc(C(F)F)c(N)n2)c(F)cc1C=O)Nc1cn[nH]c(=O)c1C(F)(F)F. The van der Waals surface area contributed by atoms with Gasteiger partial charge in [0.25, 0.3) is 12.0 Å². The van der Waals surface area contributed by atoms with E-state index >= 15 is 0 Å². The van der Waals surface area contributed by atoms with Crippen molar-refractivity contribution < 1.29 is 31.1 Å². The Hall–Kier alpha value is -4.50. The van der Waals surface area contributed by atoms with Gasteiger partial charge in [-0.2, -0.15) is 18.3 Å². The minimum atomic E-state index is -4.86. The molecule has 1 unspecified atom stereocenters. The summed E-state index contributed by atoms with van der Waals surface area (Å²) >= 11 is 0. The third kappa shape index (κ3) is 7.33. The predicted molar refractivity (Wildman–Crippen MR) is 135 cm³/mol. The average Bonchev–Trinajstić information content (AvgIpc) is 2.86. The summed E-state index contributed by atoms with van der Waals surface area (Å²) in [4.78, 5) is 36.4. The van der Waals surface area contributed by atoms with Gasteiger partial charge >= 0.3 is 6.18 Å². The Morgan fingerprint density at radius 1 is 1.25 bits per heavy atom. The minimum absolute atomic E-state index is 0.0508. The average molecular weight is 570 g/mol. The first-order chi connectivity index (χ1) is 18.8. The zero-order chi connectivity index (χ0) is 29.6. The fraction of sp³-hybridized carbons (Fsp3) is 0.333. The van der Waals surface area contributed by atoms with Crippen molar-refractivity contribution in [3.8, 4) is 11.4 Å². The van der Waals surface area contributed by atoms with Crippen LogP contribution in [0.3, 0.4) is 0 Å². The Morgan fingerprint density at radius 3 is 2.60 bits per heavy atom. The highest BCUT2D eigenvalue weighted by Crippen LogP contribution is 2.32. The molecule has 0 amide bonds. The molecule has 0 bridgehead atoms. The number of benzene rings is 1. The van der Waals surface area contributed by atoms with Crippen LogP contribution in [0.1, 0.15) is 47.7 Å². The highest BCUT2D eigenvalue weighted by Gasteiger charge is 2.37. The van der Waals surface area contributed by atoms with Crippen molar-refractivity contribution in [2.24, 2.45) is 4.99 Å². The molecule has 16 heteroatoms. The number of aliphatic imine (C=N–C) groups is 1. The smallest absolute Gasteiger partial charge is 0.383 e. The molecule has 214 valence electrons. The number of nitrogens with one attached hydrogen (secondary N) is 2. The first-order valence-electron chi connectivity index (χ1n) is 11.7. The number of nitrogen functional groups attached to an aromatic ring is 1. The Bertz CT molecular complexity index is 1440. The van der Waals surface area contributed by atoms with E-state index in [1.165, 1.54) is 12.4 Å². The number of aromatic amines is 1. The van der Waals surface area contributed by atoms with Gasteiger partial charge in [-0.05, 0) is 31.9 Å². The highest BCUT2D eigenvalue weighted by atomic mass is 19.4. The van der Waals surface area contributed by atoms with Crippen molar-refractivity contribution in [3.05, 3.63) is 57.4 Å². The largest absolute Gasteiger partial charge is 0.423 e. The summed E-state index contributed by atoms with van der Waals surface area (Å²) in [7, 11) is 1.65. The predicted octanol–water partition coefficient (Wildman–Crippen LogP) is 4.59. The number of aromatic nitrogens is 4. The van der Waals surface area contributed by atoms with Crippen LogP contribution in [0, 0.1) is 5.82 Å². The van der Waals surface area contributed by atoms with Crippen LogP contribution in [0.5, 0.6) is 0 Å². The summed E-state index contributed by atoms with van der Waals surface area (Å²) in [6.45, 7) is 2.04. The maximum atomic E-state index is 14.6. The van der Waals surface area contributed by atoms with Gasteiger partial charge in [0.15, 0.2) is 12.1 Å². The molecule has 2 aromatic heterocycles. The lowest BCUT2D eigenvalue weighted by Crippen LogP contribution is -2.27. The number of alkyl halides is 5. The maximum Gasteiger partial charge on any atom is 0.423 e. The van der Waals surface area contributed by atoms with Gasteiger partial charge < -0.3 is 16.0 Å².